The fourth-order valence-electron chi connectivity index (χ4n) is 4.72. The van der Waals surface area contributed by atoms with E-state index in [2.05, 4.69) is 19.2 Å². The van der Waals surface area contributed by atoms with Crippen molar-refractivity contribution in [2.45, 2.75) is 25.4 Å². The Kier molecular flexibility index (Phi) is 5.79. The molecule has 5 nitrogen and oxygen atoms in total. The summed E-state index contributed by atoms with van der Waals surface area (Å²) in [5, 5.41) is 19.4. The molecule has 0 fully saturated rings. The Hall–Kier alpha value is -3.18. The van der Waals surface area contributed by atoms with Crippen molar-refractivity contribution >= 4 is 0 Å². The predicted molar refractivity (Wildman–Crippen MR) is 121 cm³/mol. The van der Waals surface area contributed by atoms with Crippen LogP contribution in [0.5, 0.6) is 23.0 Å². The van der Waals surface area contributed by atoms with Gasteiger partial charge >= 0.3 is 0 Å². The molecule has 0 aliphatic carbocycles. The van der Waals surface area contributed by atoms with Crippen LogP contribution in [0, 0.1) is 0 Å². The van der Waals surface area contributed by atoms with Crippen LogP contribution in [0.1, 0.15) is 28.3 Å². The van der Waals surface area contributed by atoms with Gasteiger partial charge in [0, 0.05) is 24.0 Å². The smallest absolute Gasteiger partial charge is 0.161 e. The van der Waals surface area contributed by atoms with E-state index in [1.54, 1.807) is 38.5 Å². The number of phenols is 2. The second kappa shape index (κ2) is 8.52. The molecule has 0 spiro atoms. The van der Waals surface area contributed by atoms with Crippen molar-refractivity contribution in [2.24, 2.45) is 0 Å². The number of nitrogens with zero attached hydrogens (tertiary/aromatic N) is 1. The van der Waals surface area contributed by atoms with Crippen molar-refractivity contribution in [3.63, 3.8) is 0 Å². The summed E-state index contributed by atoms with van der Waals surface area (Å²) in [6.45, 7) is 1.85. The second-order valence-electron chi connectivity index (χ2n) is 8.57. The Morgan fingerprint density at radius 2 is 1.39 bits per heavy atom. The Morgan fingerprint density at radius 1 is 0.839 bits per heavy atom. The molecule has 0 bridgehead atoms. The lowest BCUT2D eigenvalue weighted by Crippen LogP contribution is -2.51. The van der Waals surface area contributed by atoms with Gasteiger partial charge in [-0.05, 0) is 59.7 Å². The van der Waals surface area contributed by atoms with Crippen LogP contribution in [0.25, 0.3) is 0 Å². The van der Waals surface area contributed by atoms with Crippen LogP contribution < -0.4 is 9.47 Å². The molecule has 0 radical (unpaired) electrons. The van der Waals surface area contributed by atoms with Gasteiger partial charge in [0.05, 0.1) is 27.8 Å². The summed E-state index contributed by atoms with van der Waals surface area (Å²) in [6.07, 6.45) is 1.80. The van der Waals surface area contributed by atoms with E-state index in [0.717, 1.165) is 41.9 Å². The van der Waals surface area contributed by atoms with Crippen molar-refractivity contribution in [3.05, 3.63) is 82.9 Å². The number of hydrogen-bond acceptors (Lipinski definition) is 4. The van der Waals surface area contributed by atoms with Gasteiger partial charge in [0.15, 0.2) is 11.5 Å². The molecule has 0 amide bonds. The first-order valence-corrected chi connectivity index (χ1v) is 10.6. The normalized spacial score (nSPS) is 20.2. The molecule has 4 rings (SSSR count). The number of likely N-dealkylation sites (N-methyl/N-ethyl adjacent to an activating group) is 1. The number of methoxy groups -OCH3 is 2. The lowest BCUT2D eigenvalue weighted by molar-refractivity contribution is -0.954. The molecule has 5 heteroatoms. The van der Waals surface area contributed by atoms with E-state index in [1.165, 1.54) is 22.3 Å². The Labute approximate surface area is 183 Å². The highest BCUT2D eigenvalue weighted by Crippen LogP contribution is 2.43. The Morgan fingerprint density at radius 3 is 1.97 bits per heavy atom. The Balaban J connectivity index is 1.77. The zero-order chi connectivity index (χ0) is 22.0. The standard InChI is InChI=1S/C26H29NO4/c1-27(17-19-6-10-22(29)11-7-19)13-12-20-15-25(30-2)26(31-3)16-23(20)24(27)14-18-4-8-21(28)9-5-18/h4-11,15-16,24H,12-14,17H2,1-3H3,(H-,28,29)/p+1/t24-,27-/m0/s1. The first kappa shape index (κ1) is 21.1. The molecular weight excluding hydrogens is 390 g/mol. The molecule has 2 N–H and O–H groups in total. The van der Waals surface area contributed by atoms with E-state index in [0.29, 0.717) is 0 Å². The third-order valence-corrected chi connectivity index (χ3v) is 6.49. The van der Waals surface area contributed by atoms with E-state index in [-0.39, 0.29) is 17.5 Å². The van der Waals surface area contributed by atoms with E-state index in [1.807, 2.05) is 24.3 Å². The predicted octanol–water partition coefficient (Wildman–Crippen LogP) is 4.60. The van der Waals surface area contributed by atoms with Gasteiger partial charge in [0.25, 0.3) is 0 Å². The summed E-state index contributed by atoms with van der Waals surface area (Å²) < 4.78 is 12.0. The largest absolute Gasteiger partial charge is 0.508 e. The molecule has 0 saturated heterocycles. The molecule has 162 valence electrons. The van der Waals surface area contributed by atoms with E-state index in [9.17, 15) is 10.2 Å². The van der Waals surface area contributed by atoms with Gasteiger partial charge in [0.2, 0.25) is 0 Å². The molecule has 3 aromatic carbocycles. The molecule has 3 aromatic rings. The highest BCUT2D eigenvalue weighted by Gasteiger charge is 2.40. The lowest BCUT2D eigenvalue weighted by atomic mass is 9.86. The molecule has 1 aliphatic rings. The van der Waals surface area contributed by atoms with Crippen LogP contribution in [-0.2, 0) is 19.4 Å². The summed E-state index contributed by atoms with van der Waals surface area (Å²) >= 11 is 0. The molecule has 2 atom stereocenters. The topological polar surface area (TPSA) is 58.9 Å². The maximum absolute atomic E-state index is 9.71. The number of benzene rings is 3. The minimum absolute atomic E-state index is 0.210. The summed E-state index contributed by atoms with van der Waals surface area (Å²) in [5.74, 6) is 2.07. The molecule has 31 heavy (non-hydrogen) atoms. The number of phenolic OH excluding ortho intramolecular Hbond substituents is 2. The average molecular weight is 421 g/mol. The number of ether oxygens (including phenoxy) is 2. The van der Waals surface area contributed by atoms with Gasteiger partial charge in [-0.3, -0.25) is 0 Å². The highest BCUT2D eigenvalue weighted by molar-refractivity contribution is 5.49. The number of fused-ring (bicyclic) bond motifs is 1. The zero-order valence-corrected chi connectivity index (χ0v) is 18.3. The third kappa shape index (κ3) is 4.32. The summed E-state index contributed by atoms with van der Waals surface area (Å²) in [6, 6.07) is 19.4. The summed E-state index contributed by atoms with van der Waals surface area (Å²) in [7, 11) is 5.65. The highest BCUT2D eigenvalue weighted by atomic mass is 16.5. The molecule has 0 unspecified atom stereocenters. The van der Waals surface area contributed by atoms with Crippen molar-refractivity contribution < 1.29 is 24.2 Å². The molecule has 0 aromatic heterocycles. The van der Waals surface area contributed by atoms with Crippen molar-refractivity contribution in [1.82, 2.24) is 0 Å². The van der Waals surface area contributed by atoms with Crippen LogP contribution in [0.2, 0.25) is 0 Å². The second-order valence-corrected chi connectivity index (χ2v) is 8.57. The minimum Gasteiger partial charge on any atom is -0.508 e. The number of quaternary nitrogens is 1. The fraction of sp³-hybridized carbons (Fsp3) is 0.308. The Bertz CT molecular complexity index is 1050. The molecule has 1 aliphatic heterocycles. The monoisotopic (exact) mass is 420 g/mol. The third-order valence-electron chi connectivity index (χ3n) is 6.49. The summed E-state index contributed by atoms with van der Waals surface area (Å²) in [5.41, 5.74) is 4.95. The van der Waals surface area contributed by atoms with Gasteiger partial charge in [0.1, 0.15) is 24.1 Å². The molecular formula is C26H30NO4+. The fourth-order valence-corrected chi connectivity index (χ4v) is 4.72. The van der Waals surface area contributed by atoms with Crippen molar-refractivity contribution in [3.8, 4) is 23.0 Å². The van der Waals surface area contributed by atoms with Gasteiger partial charge < -0.3 is 24.2 Å². The van der Waals surface area contributed by atoms with Crippen LogP contribution >= 0.6 is 0 Å². The maximum atomic E-state index is 9.71. The number of rotatable bonds is 6. The minimum atomic E-state index is 0.210. The first-order valence-electron chi connectivity index (χ1n) is 10.6. The van der Waals surface area contributed by atoms with Crippen LogP contribution in [-0.4, -0.2) is 42.5 Å². The number of hydrogen-bond donors (Lipinski definition) is 2. The van der Waals surface area contributed by atoms with Crippen LogP contribution in [0.3, 0.4) is 0 Å². The first-order chi connectivity index (χ1) is 14.9. The summed E-state index contributed by atoms with van der Waals surface area (Å²) in [4.78, 5) is 0. The molecule has 0 saturated carbocycles. The molecule has 1 heterocycles. The SMILES string of the molecule is COc1cc2c(cc1OC)[C@H](Cc1ccc(O)cc1)[N@+](C)(Cc1ccc(O)cc1)CC2. The van der Waals surface area contributed by atoms with E-state index in [4.69, 9.17) is 9.47 Å². The van der Waals surface area contributed by atoms with Gasteiger partial charge in [-0.15, -0.1) is 0 Å². The lowest BCUT2D eigenvalue weighted by Gasteiger charge is -2.46. The van der Waals surface area contributed by atoms with Crippen LogP contribution in [0.15, 0.2) is 60.7 Å². The van der Waals surface area contributed by atoms with Crippen molar-refractivity contribution in [1.29, 1.82) is 0 Å². The van der Waals surface area contributed by atoms with Gasteiger partial charge in [-0.1, -0.05) is 12.1 Å². The van der Waals surface area contributed by atoms with Gasteiger partial charge in [-0.2, -0.15) is 0 Å². The van der Waals surface area contributed by atoms with Crippen molar-refractivity contribution in [2.75, 3.05) is 27.8 Å². The zero-order valence-electron chi connectivity index (χ0n) is 18.3. The van der Waals surface area contributed by atoms with Gasteiger partial charge in [-0.25, -0.2) is 0 Å². The van der Waals surface area contributed by atoms with E-state index < -0.39 is 0 Å². The quantitative estimate of drug-likeness (QED) is 0.572. The maximum Gasteiger partial charge on any atom is 0.161 e. The van der Waals surface area contributed by atoms with E-state index >= 15 is 0 Å². The average Bonchev–Trinajstić information content (AvgIpc) is 2.78. The van der Waals surface area contributed by atoms with Crippen LogP contribution in [0.4, 0.5) is 0 Å². The number of aromatic hydroxyl groups is 2.